The van der Waals surface area contributed by atoms with E-state index in [1.54, 1.807) is 0 Å². The fourth-order valence-electron chi connectivity index (χ4n) is 2.14. The van der Waals surface area contributed by atoms with Gasteiger partial charge in [-0.15, -0.1) is 0 Å². The molecule has 1 atom stereocenters. The van der Waals surface area contributed by atoms with Crippen molar-refractivity contribution in [2.45, 2.75) is 30.3 Å². The Morgan fingerprint density at radius 3 is 2.86 bits per heavy atom. The lowest BCUT2D eigenvalue weighted by molar-refractivity contribution is 0.0906. The first-order chi connectivity index (χ1) is 9.88. The molecule has 0 saturated carbocycles. The zero-order valence-electron chi connectivity index (χ0n) is 11.1. The van der Waals surface area contributed by atoms with Gasteiger partial charge in [0.2, 0.25) is 0 Å². The topological polar surface area (TPSA) is 72.5 Å². The average Bonchev–Trinajstić information content (AvgIpc) is 2.91. The van der Waals surface area contributed by atoms with Gasteiger partial charge in [0.15, 0.2) is 0 Å². The van der Waals surface area contributed by atoms with Crippen molar-refractivity contribution < 1.29 is 17.9 Å². The summed E-state index contributed by atoms with van der Waals surface area (Å²) >= 11 is 3.23. The van der Waals surface area contributed by atoms with E-state index in [-0.39, 0.29) is 22.5 Å². The predicted molar refractivity (Wildman–Crippen MR) is 83.1 cm³/mol. The van der Waals surface area contributed by atoms with Crippen LogP contribution >= 0.6 is 26.6 Å². The van der Waals surface area contributed by atoms with Gasteiger partial charge in [-0.1, -0.05) is 0 Å². The van der Waals surface area contributed by atoms with Crippen LogP contribution in [-0.2, 0) is 13.8 Å². The molecule has 0 spiro atoms. The van der Waals surface area contributed by atoms with E-state index in [0.717, 1.165) is 25.9 Å². The average molecular weight is 397 g/mol. The molecule has 1 amide bonds. The van der Waals surface area contributed by atoms with E-state index in [9.17, 15) is 13.2 Å². The zero-order chi connectivity index (χ0) is 15.5. The molecule has 1 saturated heterocycles. The number of hydrogen-bond acceptors (Lipinski definition) is 4. The molecule has 8 heteroatoms. The second-order valence-electron chi connectivity index (χ2n) is 4.76. The highest BCUT2D eigenvalue weighted by molar-refractivity contribution is 9.10. The van der Waals surface area contributed by atoms with E-state index in [1.165, 1.54) is 18.2 Å². The molecule has 1 aliphatic heterocycles. The van der Waals surface area contributed by atoms with Crippen molar-refractivity contribution in [1.29, 1.82) is 0 Å². The molecule has 1 aliphatic rings. The van der Waals surface area contributed by atoms with Crippen LogP contribution in [0.5, 0.6) is 0 Å². The van der Waals surface area contributed by atoms with E-state index < -0.39 is 9.05 Å². The summed E-state index contributed by atoms with van der Waals surface area (Å²) in [6.07, 6.45) is 3.01. The number of carbonyl (C=O) groups is 1. The predicted octanol–water partition coefficient (Wildman–Crippen LogP) is 2.68. The molecule has 0 bridgehead atoms. The normalized spacial score (nSPS) is 18.7. The SMILES string of the molecule is O=C(NCCC1CCCO1)c1cc(S(=O)(=O)Cl)ccc1Br. The lowest BCUT2D eigenvalue weighted by Crippen LogP contribution is -2.27. The summed E-state index contributed by atoms with van der Waals surface area (Å²) in [5.74, 6) is -0.345. The van der Waals surface area contributed by atoms with Crippen LogP contribution in [0.15, 0.2) is 27.6 Å². The second kappa shape index (κ2) is 7.09. The first-order valence-electron chi connectivity index (χ1n) is 6.52. The van der Waals surface area contributed by atoms with E-state index in [1.807, 2.05) is 0 Å². The molecule has 1 unspecified atom stereocenters. The Labute approximate surface area is 136 Å². The third-order valence-corrected chi connectivity index (χ3v) is 5.28. The minimum Gasteiger partial charge on any atom is -0.378 e. The van der Waals surface area contributed by atoms with Crippen molar-refractivity contribution >= 4 is 41.6 Å². The Kier molecular flexibility index (Phi) is 5.65. The molecule has 5 nitrogen and oxygen atoms in total. The van der Waals surface area contributed by atoms with Gasteiger partial charge in [0, 0.05) is 28.3 Å². The lowest BCUT2D eigenvalue weighted by atomic mass is 10.1. The van der Waals surface area contributed by atoms with Gasteiger partial charge < -0.3 is 10.1 Å². The van der Waals surface area contributed by atoms with Crippen LogP contribution in [0.4, 0.5) is 0 Å². The van der Waals surface area contributed by atoms with Crippen LogP contribution in [0.3, 0.4) is 0 Å². The minimum absolute atomic E-state index is 0.100. The smallest absolute Gasteiger partial charge is 0.261 e. The molecule has 1 aromatic rings. The van der Waals surface area contributed by atoms with Crippen molar-refractivity contribution in [1.82, 2.24) is 5.32 Å². The summed E-state index contributed by atoms with van der Waals surface area (Å²) in [6.45, 7) is 1.26. The Balaban J connectivity index is 2.01. The first-order valence-corrected chi connectivity index (χ1v) is 9.62. The quantitative estimate of drug-likeness (QED) is 0.777. The maximum atomic E-state index is 12.1. The Bertz CT molecular complexity index is 629. The van der Waals surface area contributed by atoms with Gasteiger partial charge in [-0.3, -0.25) is 4.79 Å². The highest BCUT2D eigenvalue weighted by atomic mass is 79.9. The summed E-state index contributed by atoms with van der Waals surface area (Å²) in [6, 6.07) is 4.09. The van der Waals surface area contributed by atoms with Crippen LogP contribution in [0.25, 0.3) is 0 Å². The van der Waals surface area contributed by atoms with E-state index in [2.05, 4.69) is 21.2 Å². The molecule has 1 N–H and O–H groups in total. The maximum Gasteiger partial charge on any atom is 0.261 e. The van der Waals surface area contributed by atoms with Crippen molar-refractivity contribution in [3.8, 4) is 0 Å². The summed E-state index contributed by atoms with van der Waals surface area (Å²) in [5.41, 5.74) is 0.240. The molecule has 1 heterocycles. The Hall–Kier alpha value is -0.630. The van der Waals surface area contributed by atoms with Crippen LogP contribution in [0.2, 0.25) is 0 Å². The van der Waals surface area contributed by atoms with Gasteiger partial charge in [-0.05, 0) is 53.4 Å². The van der Waals surface area contributed by atoms with E-state index >= 15 is 0 Å². The molecule has 1 aromatic carbocycles. The fourth-order valence-corrected chi connectivity index (χ4v) is 3.35. The Morgan fingerprint density at radius 2 is 2.24 bits per heavy atom. The summed E-state index contributed by atoms with van der Waals surface area (Å²) in [7, 11) is 1.43. The van der Waals surface area contributed by atoms with Crippen molar-refractivity contribution in [2.24, 2.45) is 0 Å². The highest BCUT2D eigenvalue weighted by Crippen LogP contribution is 2.23. The highest BCUT2D eigenvalue weighted by Gasteiger charge is 2.18. The molecular formula is C13H15BrClNO4S. The molecule has 1 fully saturated rings. The van der Waals surface area contributed by atoms with Gasteiger partial charge >= 0.3 is 0 Å². The van der Waals surface area contributed by atoms with Crippen molar-refractivity contribution in [3.63, 3.8) is 0 Å². The number of benzene rings is 1. The number of hydrogen-bond donors (Lipinski definition) is 1. The van der Waals surface area contributed by atoms with Crippen LogP contribution in [0.1, 0.15) is 29.6 Å². The number of amides is 1. The third kappa shape index (κ3) is 4.67. The molecular weight excluding hydrogens is 382 g/mol. The van der Waals surface area contributed by atoms with Crippen molar-refractivity contribution in [3.05, 3.63) is 28.2 Å². The number of carbonyl (C=O) groups excluding carboxylic acids is 1. The summed E-state index contributed by atoms with van der Waals surface area (Å²) in [5, 5.41) is 2.76. The van der Waals surface area contributed by atoms with Gasteiger partial charge in [0.05, 0.1) is 16.6 Å². The number of ether oxygens (including phenoxy) is 1. The number of rotatable bonds is 5. The van der Waals surface area contributed by atoms with Gasteiger partial charge in [-0.25, -0.2) is 8.42 Å². The monoisotopic (exact) mass is 395 g/mol. The molecule has 0 aromatic heterocycles. The molecule has 2 rings (SSSR count). The zero-order valence-corrected chi connectivity index (χ0v) is 14.3. The molecule has 116 valence electrons. The fraction of sp³-hybridized carbons (Fsp3) is 0.462. The lowest BCUT2D eigenvalue weighted by Gasteiger charge is -2.11. The standard InChI is InChI=1S/C13H15BrClNO4S/c14-12-4-3-10(21(15,18)19)8-11(12)13(17)16-6-5-9-2-1-7-20-9/h3-4,8-9H,1-2,5-7H2,(H,16,17). The number of halogens is 2. The maximum absolute atomic E-state index is 12.1. The van der Waals surface area contributed by atoms with Crippen LogP contribution in [0, 0.1) is 0 Å². The molecule has 21 heavy (non-hydrogen) atoms. The van der Waals surface area contributed by atoms with Crippen LogP contribution < -0.4 is 5.32 Å². The van der Waals surface area contributed by atoms with Gasteiger partial charge in [0.25, 0.3) is 15.0 Å². The Morgan fingerprint density at radius 1 is 1.48 bits per heavy atom. The van der Waals surface area contributed by atoms with Gasteiger partial charge in [-0.2, -0.15) is 0 Å². The first kappa shape index (κ1) is 16.7. The number of nitrogens with one attached hydrogen (secondary N) is 1. The van der Waals surface area contributed by atoms with Crippen LogP contribution in [-0.4, -0.2) is 33.6 Å². The van der Waals surface area contributed by atoms with E-state index in [4.69, 9.17) is 15.4 Å². The van der Waals surface area contributed by atoms with E-state index in [0.29, 0.717) is 11.0 Å². The largest absolute Gasteiger partial charge is 0.378 e. The minimum atomic E-state index is -3.86. The molecule has 0 aliphatic carbocycles. The molecule has 0 radical (unpaired) electrons. The summed E-state index contributed by atoms with van der Waals surface area (Å²) < 4.78 is 28.6. The van der Waals surface area contributed by atoms with Crippen molar-refractivity contribution in [2.75, 3.05) is 13.2 Å². The summed E-state index contributed by atoms with van der Waals surface area (Å²) in [4.78, 5) is 12.0. The van der Waals surface area contributed by atoms with Gasteiger partial charge in [0.1, 0.15) is 0 Å². The third-order valence-electron chi connectivity index (χ3n) is 3.24. The second-order valence-corrected chi connectivity index (χ2v) is 8.18.